The van der Waals surface area contributed by atoms with Crippen LogP contribution in [0.3, 0.4) is 0 Å². The normalized spacial score (nSPS) is 15.9. The Morgan fingerprint density at radius 2 is 1.90 bits per heavy atom. The number of nitrogens with zero attached hydrogens (tertiary/aromatic N) is 2. The third-order valence-corrected chi connectivity index (χ3v) is 3.92. The molecule has 0 aromatic heterocycles. The van der Waals surface area contributed by atoms with E-state index in [4.69, 9.17) is 5.11 Å². The van der Waals surface area contributed by atoms with E-state index in [1.807, 2.05) is 4.90 Å². The molecule has 1 aliphatic rings. The van der Waals surface area contributed by atoms with Crippen molar-refractivity contribution in [3.63, 3.8) is 0 Å². The summed E-state index contributed by atoms with van der Waals surface area (Å²) in [5, 5.41) is 8.86. The van der Waals surface area contributed by atoms with Crippen molar-refractivity contribution < 1.29 is 14.3 Å². The molecule has 21 heavy (non-hydrogen) atoms. The molecule has 1 heterocycles. The van der Waals surface area contributed by atoms with Crippen LogP contribution in [0.5, 0.6) is 0 Å². The maximum atomic E-state index is 13.9. The minimum atomic E-state index is -0.852. The van der Waals surface area contributed by atoms with Gasteiger partial charge in [0.1, 0.15) is 5.82 Å². The first kappa shape index (κ1) is 15.8. The minimum absolute atomic E-state index is 0.0222. The van der Waals surface area contributed by atoms with Gasteiger partial charge in [-0.05, 0) is 38.1 Å². The van der Waals surface area contributed by atoms with Crippen molar-refractivity contribution in [2.45, 2.75) is 25.7 Å². The Bertz CT molecular complexity index is 461. The Kier molecular flexibility index (Phi) is 5.99. The number of carbonyl (C=O) groups is 1. The number of benzene rings is 1. The molecule has 5 heteroatoms. The molecule has 1 N–H and O–H groups in total. The molecule has 2 rings (SSSR count). The number of carboxylic acids is 1. The zero-order chi connectivity index (χ0) is 15.1. The minimum Gasteiger partial charge on any atom is -0.481 e. The monoisotopic (exact) mass is 294 g/mol. The number of anilines is 1. The fourth-order valence-electron chi connectivity index (χ4n) is 2.74. The smallest absolute Gasteiger partial charge is 0.305 e. The second-order valence-electron chi connectivity index (χ2n) is 5.48. The van der Waals surface area contributed by atoms with Crippen LogP contribution in [0.4, 0.5) is 10.1 Å². The molecule has 0 bridgehead atoms. The molecule has 0 saturated carbocycles. The Morgan fingerprint density at radius 3 is 2.57 bits per heavy atom. The summed E-state index contributed by atoms with van der Waals surface area (Å²) < 4.78 is 13.9. The molecule has 1 aliphatic heterocycles. The molecule has 0 unspecified atom stereocenters. The molecule has 1 saturated heterocycles. The highest BCUT2D eigenvalue weighted by Gasteiger charge is 2.15. The van der Waals surface area contributed by atoms with Gasteiger partial charge in [0.05, 0.1) is 12.1 Å². The molecule has 116 valence electrons. The summed E-state index contributed by atoms with van der Waals surface area (Å²) >= 11 is 0. The quantitative estimate of drug-likeness (QED) is 0.839. The highest BCUT2D eigenvalue weighted by atomic mass is 19.1. The van der Waals surface area contributed by atoms with Gasteiger partial charge in [-0.1, -0.05) is 18.6 Å². The first-order valence-corrected chi connectivity index (χ1v) is 7.60. The number of hydrogen-bond acceptors (Lipinski definition) is 3. The molecular formula is C16H23FN2O2. The van der Waals surface area contributed by atoms with E-state index in [0.717, 1.165) is 19.6 Å². The van der Waals surface area contributed by atoms with Crippen LogP contribution in [-0.2, 0) is 4.79 Å². The number of likely N-dealkylation sites (tertiary alicyclic amines) is 1. The van der Waals surface area contributed by atoms with Crippen molar-refractivity contribution in [3.8, 4) is 0 Å². The predicted molar refractivity (Wildman–Crippen MR) is 81.2 cm³/mol. The van der Waals surface area contributed by atoms with E-state index in [2.05, 4.69) is 4.90 Å². The first-order chi connectivity index (χ1) is 10.2. The van der Waals surface area contributed by atoms with Crippen LogP contribution in [0.1, 0.15) is 25.7 Å². The lowest BCUT2D eigenvalue weighted by Crippen LogP contribution is -2.39. The van der Waals surface area contributed by atoms with Crippen LogP contribution in [0.15, 0.2) is 24.3 Å². The van der Waals surface area contributed by atoms with Crippen molar-refractivity contribution >= 4 is 11.7 Å². The fourth-order valence-corrected chi connectivity index (χ4v) is 2.74. The second-order valence-corrected chi connectivity index (χ2v) is 5.48. The summed E-state index contributed by atoms with van der Waals surface area (Å²) in [5.74, 6) is -1.14. The zero-order valence-corrected chi connectivity index (χ0v) is 12.3. The Morgan fingerprint density at radius 1 is 1.19 bits per heavy atom. The van der Waals surface area contributed by atoms with Crippen LogP contribution in [0, 0.1) is 5.82 Å². The molecule has 1 aromatic rings. The standard InChI is InChI=1S/C16H23FN2O2/c17-14-6-2-3-7-15(14)19(11-8-16(20)21)13-12-18-9-4-1-5-10-18/h2-3,6-7H,1,4-5,8-13H2,(H,20,21). The van der Waals surface area contributed by atoms with Gasteiger partial charge in [-0.25, -0.2) is 4.39 Å². The molecule has 1 fully saturated rings. The highest BCUT2D eigenvalue weighted by Crippen LogP contribution is 2.19. The number of para-hydroxylation sites is 1. The van der Waals surface area contributed by atoms with Crippen molar-refractivity contribution in [2.24, 2.45) is 0 Å². The SMILES string of the molecule is O=C(O)CCN(CCN1CCCCC1)c1ccccc1F. The summed E-state index contributed by atoms with van der Waals surface area (Å²) in [6.07, 6.45) is 3.74. The van der Waals surface area contributed by atoms with Gasteiger partial charge >= 0.3 is 5.97 Å². The number of piperidine rings is 1. The van der Waals surface area contributed by atoms with Crippen molar-refractivity contribution in [2.75, 3.05) is 37.6 Å². The van der Waals surface area contributed by atoms with E-state index in [1.54, 1.807) is 18.2 Å². The molecule has 1 aromatic carbocycles. The van der Waals surface area contributed by atoms with Crippen LogP contribution in [0.25, 0.3) is 0 Å². The third-order valence-electron chi connectivity index (χ3n) is 3.92. The third kappa shape index (κ3) is 5.01. The van der Waals surface area contributed by atoms with Gasteiger partial charge in [0.25, 0.3) is 0 Å². The fraction of sp³-hybridized carbons (Fsp3) is 0.562. The maximum absolute atomic E-state index is 13.9. The Hall–Kier alpha value is -1.62. The van der Waals surface area contributed by atoms with Crippen LogP contribution >= 0.6 is 0 Å². The lowest BCUT2D eigenvalue weighted by Gasteiger charge is -2.31. The summed E-state index contributed by atoms with van der Waals surface area (Å²) in [5.41, 5.74) is 0.496. The van der Waals surface area contributed by atoms with Crippen molar-refractivity contribution in [1.29, 1.82) is 0 Å². The van der Waals surface area contributed by atoms with E-state index in [9.17, 15) is 9.18 Å². The molecule has 0 aliphatic carbocycles. The molecule has 0 amide bonds. The Labute approximate surface area is 125 Å². The maximum Gasteiger partial charge on any atom is 0.305 e. The summed E-state index contributed by atoms with van der Waals surface area (Å²) in [4.78, 5) is 15.0. The van der Waals surface area contributed by atoms with E-state index < -0.39 is 5.97 Å². The molecular weight excluding hydrogens is 271 g/mol. The van der Waals surface area contributed by atoms with Crippen LogP contribution in [0.2, 0.25) is 0 Å². The lowest BCUT2D eigenvalue weighted by atomic mass is 10.1. The Balaban J connectivity index is 1.97. The van der Waals surface area contributed by atoms with Crippen LogP contribution in [-0.4, -0.2) is 48.7 Å². The molecule has 0 radical (unpaired) electrons. The van der Waals surface area contributed by atoms with E-state index in [-0.39, 0.29) is 12.2 Å². The molecule has 0 atom stereocenters. The van der Waals surface area contributed by atoms with E-state index in [1.165, 1.54) is 25.3 Å². The number of halogens is 1. The van der Waals surface area contributed by atoms with E-state index in [0.29, 0.717) is 18.8 Å². The van der Waals surface area contributed by atoms with Gasteiger partial charge in [-0.3, -0.25) is 4.79 Å². The average Bonchev–Trinajstić information content (AvgIpc) is 2.49. The summed E-state index contributed by atoms with van der Waals surface area (Å²) in [7, 11) is 0. The van der Waals surface area contributed by atoms with Gasteiger partial charge in [0, 0.05) is 19.6 Å². The zero-order valence-electron chi connectivity index (χ0n) is 12.3. The van der Waals surface area contributed by atoms with Gasteiger partial charge in [-0.15, -0.1) is 0 Å². The average molecular weight is 294 g/mol. The summed E-state index contributed by atoms with van der Waals surface area (Å²) in [6.45, 7) is 4.03. The number of rotatable bonds is 7. The van der Waals surface area contributed by atoms with Crippen molar-refractivity contribution in [3.05, 3.63) is 30.1 Å². The predicted octanol–water partition coefficient (Wildman–Crippen LogP) is 2.59. The lowest BCUT2D eigenvalue weighted by molar-refractivity contribution is -0.136. The number of hydrogen-bond donors (Lipinski definition) is 1. The van der Waals surface area contributed by atoms with Gasteiger partial charge in [-0.2, -0.15) is 0 Å². The van der Waals surface area contributed by atoms with Gasteiger partial charge in [0.2, 0.25) is 0 Å². The first-order valence-electron chi connectivity index (χ1n) is 7.60. The largest absolute Gasteiger partial charge is 0.481 e. The molecule has 0 spiro atoms. The summed E-state index contributed by atoms with van der Waals surface area (Å²) in [6, 6.07) is 6.57. The van der Waals surface area contributed by atoms with Gasteiger partial charge < -0.3 is 14.9 Å². The second kappa shape index (κ2) is 7.98. The van der Waals surface area contributed by atoms with Crippen molar-refractivity contribution in [1.82, 2.24) is 4.90 Å². The topological polar surface area (TPSA) is 43.8 Å². The van der Waals surface area contributed by atoms with Gasteiger partial charge in [0.15, 0.2) is 0 Å². The molecule has 4 nitrogen and oxygen atoms in total. The number of aliphatic carboxylic acids is 1. The highest BCUT2D eigenvalue weighted by molar-refractivity contribution is 5.67. The van der Waals surface area contributed by atoms with Crippen LogP contribution < -0.4 is 4.90 Å². The number of carboxylic acid groups (broad SMARTS) is 1. The van der Waals surface area contributed by atoms with E-state index >= 15 is 0 Å².